The van der Waals surface area contributed by atoms with E-state index in [1.54, 1.807) is 7.05 Å². The molecule has 7 heteroatoms. The summed E-state index contributed by atoms with van der Waals surface area (Å²) in [5.41, 5.74) is -0.0661. The Morgan fingerprint density at radius 1 is 1.56 bits per heavy atom. The van der Waals surface area contributed by atoms with Crippen molar-refractivity contribution in [3.63, 3.8) is 0 Å². The van der Waals surface area contributed by atoms with Gasteiger partial charge in [-0.25, -0.2) is 8.78 Å². The monoisotopic (exact) mass is 260 g/mol. The van der Waals surface area contributed by atoms with Crippen molar-refractivity contribution in [2.75, 3.05) is 19.8 Å². The van der Waals surface area contributed by atoms with Crippen LogP contribution in [0, 0.1) is 0 Å². The summed E-state index contributed by atoms with van der Waals surface area (Å²) in [5, 5.41) is 2.46. The Balaban J connectivity index is 2.36. The second kappa shape index (κ2) is 6.85. The first kappa shape index (κ1) is 14.3. The molecule has 1 aromatic heterocycles. The predicted octanol–water partition coefficient (Wildman–Crippen LogP) is 0.397. The van der Waals surface area contributed by atoms with Crippen molar-refractivity contribution in [2.24, 2.45) is 7.05 Å². The van der Waals surface area contributed by atoms with Crippen molar-refractivity contribution in [2.45, 2.75) is 6.43 Å². The molecule has 0 saturated carbocycles. The molecule has 0 aliphatic heterocycles. The zero-order valence-electron chi connectivity index (χ0n) is 9.86. The van der Waals surface area contributed by atoms with Crippen LogP contribution in [0.15, 0.2) is 23.1 Å². The highest BCUT2D eigenvalue weighted by atomic mass is 19.3. The minimum atomic E-state index is -2.52. The highest BCUT2D eigenvalue weighted by molar-refractivity contribution is 5.93. The van der Waals surface area contributed by atoms with Gasteiger partial charge in [0, 0.05) is 31.4 Å². The van der Waals surface area contributed by atoms with Gasteiger partial charge in [-0.3, -0.25) is 9.59 Å². The summed E-state index contributed by atoms with van der Waals surface area (Å²) >= 11 is 0. The number of pyridine rings is 1. The van der Waals surface area contributed by atoms with Gasteiger partial charge in [-0.15, -0.1) is 0 Å². The quantitative estimate of drug-likeness (QED) is 0.753. The molecule has 5 nitrogen and oxygen atoms in total. The van der Waals surface area contributed by atoms with Crippen LogP contribution in [0.3, 0.4) is 0 Å². The largest absolute Gasteiger partial charge is 0.374 e. The van der Waals surface area contributed by atoms with Gasteiger partial charge < -0.3 is 14.6 Å². The first-order valence-corrected chi connectivity index (χ1v) is 5.31. The Hall–Kier alpha value is -1.76. The number of carbonyl (C=O) groups is 1. The van der Waals surface area contributed by atoms with Gasteiger partial charge in [0.2, 0.25) is 0 Å². The highest BCUT2D eigenvalue weighted by Gasteiger charge is 2.06. The number of aryl methyl sites for hydroxylation is 1. The summed E-state index contributed by atoms with van der Waals surface area (Å²) in [7, 11) is 1.57. The Bertz CT molecular complexity index is 460. The second-order valence-electron chi connectivity index (χ2n) is 3.59. The van der Waals surface area contributed by atoms with E-state index in [0.717, 1.165) is 0 Å². The SMILES string of the molecule is Cn1ccc(C(=O)NCCOCC(F)F)cc1=O. The van der Waals surface area contributed by atoms with E-state index >= 15 is 0 Å². The first-order valence-electron chi connectivity index (χ1n) is 5.31. The number of ether oxygens (including phenoxy) is 1. The number of amides is 1. The fourth-order valence-electron chi connectivity index (χ4n) is 1.20. The van der Waals surface area contributed by atoms with Crippen molar-refractivity contribution in [1.29, 1.82) is 0 Å². The van der Waals surface area contributed by atoms with E-state index in [1.807, 2.05) is 0 Å². The molecule has 1 N–H and O–H groups in total. The zero-order valence-corrected chi connectivity index (χ0v) is 9.86. The molecular formula is C11H14F2N2O3. The van der Waals surface area contributed by atoms with E-state index in [9.17, 15) is 18.4 Å². The lowest BCUT2D eigenvalue weighted by Crippen LogP contribution is -2.29. The third-order valence-electron chi connectivity index (χ3n) is 2.14. The fraction of sp³-hybridized carbons (Fsp3) is 0.455. The molecule has 0 fully saturated rings. The lowest BCUT2D eigenvalue weighted by molar-refractivity contribution is 0.0188. The third-order valence-corrected chi connectivity index (χ3v) is 2.14. The second-order valence-corrected chi connectivity index (χ2v) is 3.59. The molecule has 100 valence electrons. The molecule has 1 amide bonds. The minimum absolute atomic E-state index is 0.000916. The van der Waals surface area contributed by atoms with Gasteiger partial charge in [-0.1, -0.05) is 0 Å². The van der Waals surface area contributed by atoms with Gasteiger partial charge in [-0.05, 0) is 6.07 Å². The van der Waals surface area contributed by atoms with Crippen LogP contribution in [0.25, 0.3) is 0 Å². The van der Waals surface area contributed by atoms with Crippen LogP contribution in [0.2, 0.25) is 0 Å². The number of alkyl halides is 2. The van der Waals surface area contributed by atoms with Crippen LogP contribution in [0.1, 0.15) is 10.4 Å². The van der Waals surface area contributed by atoms with Crippen LogP contribution in [-0.4, -0.2) is 36.7 Å². The van der Waals surface area contributed by atoms with E-state index in [1.165, 1.54) is 22.9 Å². The van der Waals surface area contributed by atoms with Gasteiger partial charge in [0.15, 0.2) is 0 Å². The Morgan fingerprint density at radius 3 is 2.89 bits per heavy atom. The molecule has 0 atom stereocenters. The number of rotatable bonds is 6. The molecule has 0 aliphatic carbocycles. The van der Waals surface area contributed by atoms with Crippen molar-refractivity contribution in [1.82, 2.24) is 9.88 Å². The number of halogens is 2. The van der Waals surface area contributed by atoms with Gasteiger partial charge in [-0.2, -0.15) is 0 Å². The molecule has 1 aromatic rings. The Kier molecular flexibility index (Phi) is 5.44. The summed E-state index contributed by atoms with van der Waals surface area (Å²) in [6.45, 7) is -0.538. The maximum absolute atomic E-state index is 11.7. The number of nitrogens with one attached hydrogen (secondary N) is 1. The van der Waals surface area contributed by atoms with E-state index in [-0.39, 0.29) is 24.3 Å². The van der Waals surface area contributed by atoms with Crippen molar-refractivity contribution < 1.29 is 18.3 Å². The molecule has 0 bridgehead atoms. The molecule has 0 aliphatic rings. The topological polar surface area (TPSA) is 60.3 Å². The van der Waals surface area contributed by atoms with Gasteiger partial charge in [0.1, 0.15) is 6.61 Å². The van der Waals surface area contributed by atoms with Gasteiger partial charge in [0.25, 0.3) is 17.9 Å². The first-order chi connectivity index (χ1) is 8.50. The number of nitrogens with zero attached hydrogens (tertiary/aromatic N) is 1. The zero-order chi connectivity index (χ0) is 13.5. The van der Waals surface area contributed by atoms with E-state index in [4.69, 9.17) is 0 Å². The predicted molar refractivity (Wildman–Crippen MR) is 60.8 cm³/mol. The van der Waals surface area contributed by atoms with Crippen LogP contribution >= 0.6 is 0 Å². The average Bonchev–Trinajstić information content (AvgIpc) is 2.31. The molecule has 1 heterocycles. The molecule has 0 unspecified atom stereocenters. The molecule has 1 rings (SSSR count). The van der Waals surface area contributed by atoms with Gasteiger partial charge >= 0.3 is 0 Å². The van der Waals surface area contributed by atoms with Gasteiger partial charge in [0.05, 0.1) is 6.61 Å². The summed E-state index contributed by atoms with van der Waals surface area (Å²) in [6.07, 6.45) is -1.04. The lowest BCUT2D eigenvalue weighted by Gasteiger charge is -2.06. The van der Waals surface area contributed by atoms with Crippen molar-refractivity contribution in [3.8, 4) is 0 Å². The number of hydrogen-bond donors (Lipinski definition) is 1. The molecule has 18 heavy (non-hydrogen) atoms. The van der Waals surface area contributed by atoms with E-state index in [0.29, 0.717) is 0 Å². The normalized spacial score (nSPS) is 10.7. The Morgan fingerprint density at radius 2 is 2.28 bits per heavy atom. The molecule has 0 aromatic carbocycles. The Labute approximate surface area is 102 Å². The third kappa shape index (κ3) is 4.62. The maximum Gasteiger partial charge on any atom is 0.261 e. The van der Waals surface area contributed by atoms with Crippen LogP contribution in [0.4, 0.5) is 8.78 Å². The summed E-state index contributed by atoms with van der Waals surface area (Å²) in [4.78, 5) is 22.8. The van der Waals surface area contributed by atoms with Crippen LogP contribution in [-0.2, 0) is 11.8 Å². The smallest absolute Gasteiger partial charge is 0.261 e. The summed E-state index contributed by atoms with van der Waals surface area (Å²) in [5.74, 6) is -0.437. The van der Waals surface area contributed by atoms with Crippen molar-refractivity contribution >= 4 is 5.91 Å². The molecular weight excluding hydrogens is 246 g/mol. The number of aromatic nitrogens is 1. The lowest BCUT2D eigenvalue weighted by atomic mass is 10.2. The summed E-state index contributed by atoms with van der Waals surface area (Å²) < 4.78 is 29.4. The van der Waals surface area contributed by atoms with E-state index < -0.39 is 18.9 Å². The standard InChI is InChI=1S/C11H14F2N2O3/c1-15-4-2-8(6-10(15)16)11(17)14-3-5-18-7-9(12)13/h2,4,6,9H,3,5,7H2,1H3,(H,14,17). The average molecular weight is 260 g/mol. The van der Waals surface area contributed by atoms with Crippen LogP contribution < -0.4 is 10.9 Å². The number of carbonyl (C=O) groups excluding carboxylic acids is 1. The summed E-state index contributed by atoms with van der Waals surface area (Å²) in [6, 6.07) is 2.70. The van der Waals surface area contributed by atoms with Crippen molar-refractivity contribution in [3.05, 3.63) is 34.2 Å². The molecule has 0 saturated heterocycles. The highest BCUT2D eigenvalue weighted by Crippen LogP contribution is 1.94. The molecule has 0 spiro atoms. The number of hydrogen-bond acceptors (Lipinski definition) is 3. The minimum Gasteiger partial charge on any atom is -0.374 e. The molecule has 0 radical (unpaired) electrons. The van der Waals surface area contributed by atoms with E-state index in [2.05, 4.69) is 10.1 Å². The van der Waals surface area contributed by atoms with Crippen LogP contribution in [0.5, 0.6) is 0 Å². The fourth-order valence-corrected chi connectivity index (χ4v) is 1.20. The maximum atomic E-state index is 11.7.